The molecule has 0 aliphatic rings. The fourth-order valence-electron chi connectivity index (χ4n) is 3.07. The van der Waals surface area contributed by atoms with Crippen LogP contribution >= 0.6 is 11.3 Å². The first-order chi connectivity index (χ1) is 15.0. The lowest BCUT2D eigenvalue weighted by Gasteiger charge is -2.10. The Balaban J connectivity index is 1.42. The highest BCUT2D eigenvalue weighted by atomic mass is 32.1. The highest BCUT2D eigenvalue weighted by Crippen LogP contribution is 2.20. The van der Waals surface area contributed by atoms with Crippen molar-refractivity contribution >= 4 is 27.9 Å². The van der Waals surface area contributed by atoms with E-state index in [4.69, 9.17) is 9.47 Å². The molecular formula is C23H21N3O4S. The number of carbonyl (C=O) groups excluding carboxylic acids is 1. The molecule has 0 aliphatic carbocycles. The molecule has 0 saturated heterocycles. The summed E-state index contributed by atoms with van der Waals surface area (Å²) in [6.07, 6.45) is 0. The molecule has 0 atom stereocenters. The number of benzene rings is 2. The molecule has 0 radical (unpaired) electrons. The summed E-state index contributed by atoms with van der Waals surface area (Å²) in [5.74, 6) is 1.06. The van der Waals surface area contributed by atoms with Crippen LogP contribution < -0.4 is 20.3 Å². The molecule has 7 nitrogen and oxygen atoms in total. The number of hydrogen-bond acceptors (Lipinski definition) is 6. The van der Waals surface area contributed by atoms with E-state index in [9.17, 15) is 9.59 Å². The van der Waals surface area contributed by atoms with E-state index >= 15 is 0 Å². The van der Waals surface area contributed by atoms with Crippen molar-refractivity contribution in [3.8, 4) is 11.5 Å². The first kappa shape index (κ1) is 20.6. The fraction of sp³-hybridized carbons (Fsp3) is 0.174. The first-order valence-corrected chi connectivity index (χ1v) is 10.7. The van der Waals surface area contributed by atoms with Gasteiger partial charge >= 0.3 is 0 Å². The quantitative estimate of drug-likeness (QED) is 0.468. The molecule has 1 amide bonds. The van der Waals surface area contributed by atoms with Crippen LogP contribution in [0.5, 0.6) is 11.5 Å². The summed E-state index contributed by atoms with van der Waals surface area (Å²) in [7, 11) is 0. The van der Waals surface area contributed by atoms with E-state index in [1.807, 2.05) is 19.2 Å². The topological polar surface area (TPSA) is 81.9 Å². The Morgan fingerprint density at radius 1 is 1.10 bits per heavy atom. The Labute approximate surface area is 182 Å². The highest BCUT2D eigenvalue weighted by molar-refractivity contribution is 7.15. The van der Waals surface area contributed by atoms with Gasteiger partial charge in [0.25, 0.3) is 11.5 Å². The number of anilines is 1. The average Bonchev–Trinajstić information content (AvgIpc) is 3.14. The molecule has 0 spiro atoms. The summed E-state index contributed by atoms with van der Waals surface area (Å²) in [6, 6.07) is 15.5. The van der Waals surface area contributed by atoms with Crippen LogP contribution in [0.15, 0.2) is 64.8 Å². The minimum Gasteiger partial charge on any atom is -0.494 e. The molecule has 0 bridgehead atoms. The van der Waals surface area contributed by atoms with Crippen molar-refractivity contribution in [3.05, 3.63) is 87.3 Å². The van der Waals surface area contributed by atoms with Crippen molar-refractivity contribution in [1.29, 1.82) is 0 Å². The van der Waals surface area contributed by atoms with Gasteiger partial charge in [-0.3, -0.25) is 14.0 Å². The number of carbonyl (C=O) groups is 1. The molecule has 8 heteroatoms. The smallest absolute Gasteiger partial charge is 0.259 e. The van der Waals surface area contributed by atoms with Crippen molar-refractivity contribution in [2.45, 2.75) is 20.5 Å². The maximum atomic E-state index is 12.5. The summed E-state index contributed by atoms with van der Waals surface area (Å²) in [5, 5.41) is 4.75. The molecule has 0 saturated carbocycles. The molecule has 2 heterocycles. The number of thiazole rings is 1. The van der Waals surface area contributed by atoms with Gasteiger partial charge < -0.3 is 14.8 Å². The lowest BCUT2D eigenvalue weighted by molar-refractivity contribution is 0.102. The Kier molecular flexibility index (Phi) is 5.99. The van der Waals surface area contributed by atoms with Crippen LogP contribution in [0.2, 0.25) is 0 Å². The van der Waals surface area contributed by atoms with Crippen molar-refractivity contribution < 1.29 is 14.3 Å². The van der Waals surface area contributed by atoms with E-state index in [1.54, 1.807) is 52.9 Å². The van der Waals surface area contributed by atoms with Crippen molar-refractivity contribution in [2.75, 3.05) is 11.9 Å². The number of aromatic nitrogens is 2. The number of fused-ring (bicyclic) bond motifs is 1. The predicted octanol–water partition coefficient (Wildman–Crippen LogP) is 4.29. The van der Waals surface area contributed by atoms with E-state index < -0.39 is 0 Å². The lowest BCUT2D eigenvalue weighted by atomic mass is 10.2. The second-order valence-corrected chi connectivity index (χ2v) is 7.65. The van der Waals surface area contributed by atoms with Gasteiger partial charge in [-0.2, -0.15) is 0 Å². The van der Waals surface area contributed by atoms with Crippen LogP contribution in [0, 0.1) is 6.92 Å². The van der Waals surface area contributed by atoms with Crippen LogP contribution in [0.1, 0.15) is 28.7 Å². The Bertz CT molecular complexity index is 1280. The van der Waals surface area contributed by atoms with E-state index in [-0.39, 0.29) is 18.1 Å². The van der Waals surface area contributed by atoms with Gasteiger partial charge in [-0.05, 0) is 50.2 Å². The molecule has 1 N–H and O–H groups in total. The zero-order chi connectivity index (χ0) is 21.8. The Morgan fingerprint density at radius 2 is 1.90 bits per heavy atom. The van der Waals surface area contributed by atoms with Gasteiger partial charge in [0, 0.05) is 34.5 Å². The highest BCUT2D eigenvalue weighted by Gasteiger charge is 2.09. The average molecular weight is 436 g/mol. The maximum Gasteiger partial charge on any atom is 0.259 e. The van der Waals surface area contributed by atoms with Gasteiger partial charge in [-0.1, -0.05) is 6.07 Å². The van der Waals surface area contributed by atoms with Gasteiger partial charge in [0.05, 0.1) is 12.3 Å². The van der Waals surface area contributed by atoms with E-state index in [2.05, 4.69) is 10.3 Å². The number of nitrogens with one attached hydrogen (secondary N) is 1. The number of amides is 1. The maximum absolute atomic E-state index is 12.5. The first-order valence-electron chi connectivity index (χ1n) is 9.77. The molecule has 4 aromatic rings. The predicted molar refractivity (Wildman–Crippen MR) is 120 cm³/mol. The zero-order valence-corrected chi connectivity index (χ0v) is 17.9. The molecular weight excluding hydrogens is 414 g/mol. The number of nitrogens with zero attached hydrogens (tertiary/aromatic N) is 2. The number of rotatable bonds is 7. The molecule has 2 aromatic heterocycles. The van der Waals surface area contributed by atoms with Crippen LogP contribution in [0.25, 0.3) is 4.96 Å². The molecule has 2 aromatic carbocycles. The number of hydrogen-bond donors (Lipinski definition) is 1. The standard InChI is InChI=1S/C23H21N3O4S/c1-3-29-19-9-7-16(8-10-19)22(28)24-17-5-4-6-20(11-17)30-13-18-12-21(27)26-15(2)14-31-23(26)25-18/h4-12,14H,3,13H2,1-2H3,(H,24,28). The zero-order valence-electron chi connectivity index (χ0n) is 17.1. The third-order valence-electron chi connectivity index (χ3n) is 4.53. The van der Waals surface area contributed by atoms with Crippen LogP contribution in [-0.2, 0) is 6.61 Å². The minimum absolute atomic E-state index is 0.126. The van der Waals surface area contributed by atoms with Gasteiger partial charge in [0.15, 0.2) is 4.96 Å². The summed E-state index contributed by atoms with van der Waals surface area (Å²) >= 11 is 1.42. The molecule has 31 heavy (non-hydrogen) atoms. The Hall–Kier alpha value is -3.65. The van der Waals surface area contributed by atoms with Crippen molar-refractivity contribution in [1.82, 2.24) is 9.38 Å². The molecule has 158 valence electrons. The summed E-state index contributed by atoms with van der Waals surface area (Å²) in [6.45, 7) is 4.50. The third-order valence-corrected chi connectivity index (χ3v) is 5.48. The summed E-state index contributed by atoms with van der Waals surface area (Å²) in [4.78, 5) is 29.9. The fourth-order valence-corrected chi connectivity index (χ4v) is 3.96. The van der Waals surface area contributed by atoms with E-state index in [0.717, 1.165) is 11.4 Å². The van der Waals surface area contributed by atoms with E-state index in [1.165, 1.54) is 17.4 Å². The second kappa shape index (κ2) is 9.01. The number of ether oxygens (including phenoxy) is 2. The van der Waals surface area contributed by atoms with Gasteiger partial charge in [-0.15, -0.1) is 11.3 Å². The van der Waals surface area contributed by atoms with Crippen molar-refractivity contribution in [2.24, 2.45) is 0 Å². The molecule has 4 rings (SSSR count). The molecule has 0 aliphatic heterocycles. The monoisotopic (exact) mass is 435 g/mol. The van der Waals surface area contributed by atoms with Crippen LogP contribution in [0.4, 0.5) is 5.69 Å². The minimum atomic E-state index is -0.228. The van der Waals surface area contributed by atoms with E-state index in [0.29, 0.717) is 34.3 Å². The van der Waals surface area contributed by atoms with Gasteiger partial charge in [0.2, 0.25) is 0 Å². The van der Waals surface area contributed by atoms with Gasteiger partial charge in [-0.25, -0.2) is 4.98 Å². The second-order valence-electron chi connectivity index (χ2n) is 6.81. The van der Waals surface area contributed by atoms with Crippen molar-refractivity contribution in [3.63, 3.8) is 0 Å². The third kappa shape index (κ3) is 4.75. The number of aryl methyl sites for hydroxylation is 1. The summed E-state index contributed by atoms with van der Waals surface area (Å²) < 4.78 is 12.8. The molecule has 0 unspecified atom stereocenters. The van der Waals surface area contributed by atoms with Crippen LogP contribution in [0.3, 0.4) is 0 Å². The lowest BCUT2D eigenvalue weighted by Crippen LogP contribution is -2.16. The summed E-state index contributed by atoms with van der Waals surface area (Å²) in [5.41, 5.74) is 2.42. The molecule has 0 fully saturated rings. The van der Waals surface area contributed by atoms with Gasteiger partial charge in [0.1, 0.15) is 18.1 Å². The largest absolute Gasteiger partial charge is 0.494 e. The Morgan fingerprint density at radius 3 is 2.68 bits per heavy atom. The SMILES string of the molecule is CCOc1ccc(C(=O)Nc2cccc(OCc3cc(=O)n4c(C)csc4n3)c2)cc1. The normalized spacial score (nSPS) is 10.8. The van der Waals surface area contributed by atoms with Crippen LogP contribution in [-0.4, -0.2) is 21.9 Å².